The summed E-state index contributed by atoms with van der Waals surface area (Å²) in [6, 6.07) is 5.45. The molecule has 4 aliphatic carbocycles. The predicted octanol–water partition coefficient (Wildman–Crippen LogP) is 10.7. The van der Waals surface area contributed by atoms with E-state index in [0.717, 1.165) is 66.8 Å². The van der Waals surface area contributed by atoms with E-state index in [4.69, 9.17) is 20.9 Å². The van der Waals surface area contributed by atoms with Crippen LogP contribution >= 0.6 is 0 Å². The molecular weight excluding hydrogens is 540 g/mol. The zero-order valence-corrected chi connectivity index (χ0v) is 29.3. The van der Waals surface area contributed by atoms with E-state index in [0.29, 0.717) is 28.3 Å². The summed E-state index contributed by atoms with van der Waals surface area (Å²) in [6.45, 7) is 14.5. The molecule has 1 aromatic carbocycles. The molecule has 9 unspecified atom stereocenters. The molecule has 0 radical (unpaired) electrons. The van der Waals surface area contributed by atoms with Crippen molar-refractivity contribution in [2.45, 2.75) is 150 Å². The van der Waals surface area contributed by atoms with Gasteiger partial charge in [0.1, 0.15) is 5.75 Å². The molecule has 4 nitrogen and oxygen atoms in total. The van der Waals surface area contributed by atoms with Crippen molar-refractivity contribution in [3.8, 4) is 5.75 Å². The topological polar surface area (TPSA) is 70.5 Å². The molecule has 0 heterocycles. The number of anilines is 2. The summed E-state index contributed by atoms with van der Waals surface area (Å²) < 4.78 is 12.4. The zero-order valence-electron chi connectivity index (χ0n) is 29.3. The lowest BCUT2D eigenvalue weighted by molar-refractivity contribution is -0.136. The highest BCUT2D eigenvalue weighted by atomic mass is 16.5. The Balaban J connectivity index is 0.999. The highest BCUT2D eigenvalue weighted by Crippen LogP contribution is 2.68. The first kappa shape index (κ1) is 33.9. The maximum Gasteiger partial charge on any atom is 0.123 e. The Morgan fingerprint density at radius 3 is 2.16 bits per heavy atom. The van der Waals surface area contributed by atoms with Crippen LogP contribution in [0, 0.1) is 52.3 Å². The summed E-state index contributed by atoms with van der Waals surface area (Å²) in [5.41, 5.74) is 14.2. The molecule has 0 aliphatic heterocycles. The molecule has 250 valence electrons. The van der Waals surface area contributed by atoms with Gasteiger partial charge in [0.25, 0.3) is 0 Å². The monoisotopic (exact) mass is 609 g/mol. The van der Waals surface area contributed by atoms with Crippen LogP contribution < -0.4 is 16.2 Å². The van der Waals surface area contributed by atoms with Crippen molar-refractivity contribution < 1.29 is 9.47 Å². The molecule has 0 bridgehead atoms. The Bertz CT molecular complexity index is 1020. The summed E-state index contributed by atoms with van der Waals surface area (Å²) in [7, 11) is 0. The third kappa shape index (κ3) is 7.75. The Hall–Kier alpha value is -1.42. The minimum Gasteiger partial charge on any atom is -0.493 e. The molecule has 1 aromatic rings. The lowest BCUT2D eigenvalue weighted by Gasteiger charge is -2.61. The first-order chi connectivity index (χ1) is 21.1. The van der Waals surface area contributed by atoms with Gasteiger partial charge in [-0.2, -0.15) is 0 Å². The Labute approximate surface area is 271 Å². The van der Waals surface area contributed by atoms with E-state index < -0.39 is 0 Å². The molecule has 9 atom stereocenters. The van der Waals surface area contributed by atoms with Gasteiger partial charge in [-0.05, 0) is 129 Å². The van der Waals surface area contributed by atoms with E-state index in [1.54, 1.807) is 6.07 Å². The van der Waals surface area contributed by atoms with Crippen LogP contribution in [0.15, 0.2) is 18.2 Å². The van der Waals surface area contributed by atoms with Crippen LogP contribution in [-0.2, 0) is 4.74 Å². The molecule has 4 heteroatoms. The largest absolute Gasteiger partial charge is 0.493 e. The lowest BCUT2D eigenvalue weighted by Crippen LogP contribution is -2.54. The van der Waals surface area contributed by atoms with Gasteiger partial charge in [-0.15, -0.1) is 0 Å². The number of unbranched alkanes of at least 4 members (excludes halogenated alkanes) is 4. The molecule has 0 amide bonds. The van der Waals surface area contributed by atoms with Crippen molar-refractivity contribution in [3.63, 3.8) is 0 Å². The SMILES string of the molecule is CC(C)CCCC(C)C1CCC2C3CCC4CC(OCCCCCCCOc5cc(N)cc(N)c5)CCC4(C)C3CCC12C. The molecule has 4 N–H and O–H groups in total. The number of ether oxygens (including phenoxy) is 2. The van der Waals surface area contributed by atoms with Gasteiger partial charge in [0, 0.05) is 30.1 Å². The van der Waals surface area contributed by atoms with E-state index in [1.807, 2.05) is 12.1 Å². The number of fused-ring (bicyclic) bond motifs is 5. The van der Waals surface area contributed by atoms with Crippen LogP contribution in [0.1, 0.15) is 144 Å². The first-order valence-electron chi connectivity index (χ1n) is 19.0. The van der Waals surface area contributed by atoms with E-state index >= 15 is 0 Å². The number of hydrogen-bond donors (Lipinski definition) is 2. The van der Waals surface area contributed by atoms with Crippen LogP contribution in [0.25, 0.3) is 0 Å². The van der Waals surface area contributed by atoms with Crippen molar-refractivity contribution in [3.05, 3.63) is 18.2 Å². The van der Waals surface area contributed by atoms with Crippen molar-refractivity contribution in [1.29, 1.82) is 0 Å². The lowest BCUT2D eigenvalue weighted by atomic mass is 9.44. The second-order valence-electron chi connectivity index (χ2n) is 16.9. The van der Waals surface area contributed by atoms with E-state index in [2.05, 4.69) is 34.6 Å². The summed E-state index contributed by atoms with van der Waals surface area (Å²) >= 11 is 0. The van der Waals surface area contributed by atoms with Gasteiger partial charge in [0.15, 0.2) is 0 Å². The standard InChI is InChI=1S/C40H68N2O2/c1-28(2)12-11-13-29(3)36-16-17-37-35-15-14-30-24-33(18-20-39(30,4)38(35)19-21-40(36,37)5)43-22-9-7-6-8-10-23-44-34-26-31(41)25-32(42)27-34/h25-30,33,35-38H,6-24,41-42H2,1-5H3. The number of hydrogen-bond acceptors (Lipinski definition) is 4. The Morgan fingerprint density at radius 2 is 1.41 bits per heavy atom. The van der Waals surface area contributed by atoms with E-state index in [9.17, 15) is 0 Å². The van der Waals surface area contributed by atoms with Gasteiger partial charge >= 0.3 is 0 Å². The van der Waals surface area contributed by atoms with Crippen molar-refractivity contribution >= 4 is 11.4 Å². The van der Waals surface area contributed by atoms with Gasteiger partial charge < -0.3 is 20.9 Å². The van der Waals surface area contributed by atoms with Crippen LogP contribution in [0.4, 0.5) is 11.4 Å². The van der Waals surface area contributed by atoms with Crippen LogP contribution in [-0.4, -0.2) is 19.3 Å². The zero-order chi connectivity index (χ0) is 31.3. The van der Waals surface area contributed by atoms with Crippen LogP contribution in [0.2, 0.25) is 0 Å². The van der Waals surface area contributed by atoms with E-state index in [1.165, 1.54) is 103 Å². The van der Waals surface area contributed by atoms with Gasteiger partial charge in [-0.25, -0.2) is 0 Å². The number of nitrogen functional groups attached to an aromatic ring is 2. The third-order valence-corrected chi connectivity index (χ3v) is 13.7. The normalized spacial score (nSPS) is 35.6. The Morgan fingerprint density at radius 1 is 0.727 bits per heavy atom. The minimum absolute atomic E-state index is 0.500. The predicted molar refractivity (Wildman–Crippen MR) is 187 cm³/mol. The average molecular weight is 609 g/mol. The molecule has 4 fully saturated rings. The number of nitrogens with two attached hydrogens (primary N) is 2. The molecule has 4 saturated carbocycles. The maximum absolute atomic E-state index is 6.55. The third-order valence-electron chi connectivity index (χ3n) is 13.7. The fourth-order valence-electron chi connectivity index (χ4n) is 11.3. The second kappa shape index (κ2) is 15.0. The fraction of sp³-hybridized carbons (Fsp3) is 0.850. The van der Waals surface area contributed by atoms with Gasteiger partial charge in [0.05, 0.1) is 12.7 Å². The highest BCUT2D eigenvalue weighted by molar-refractivity contribution is 5.56. The Kier molecular flexibility index (Phi) is 11.6. The highest BCUT2D eigenvalue weighted by Gasteiger charge is 2.60. The van der Waals surface area contributed by atoms with E-state index in [-0.39, 0.29) is 0 Å². The fourth-order valence-corrected chi connectivity index (χ4v) is 11.3. The molecule has 5 rings (SSSR count). The van der Waals surface area contributed by atoms with Crippen molar-refractivity contribution in [2.75, 3.05) is 24.7 Å². The van der Waals surface area contributed by atoms with Gasteiger partial charge in [0.2, 0.25) is 0 Å². The smallest absolute Gasteiger partial charge is 0.123 e. The van der Waals surface area contributed by atoms with Crippen LogP contribution in [0.3, 0.4) is 0 Å². The van der Waals surface area contributed by atoms with Gasteiger partial charge in [-0.3, -0.25) is 0 Å². The number of benzene rings is 1. The molecule has 4 aliphatic rings. The molecule has 0 spiro atoms. The summed E-state index contributed by atoms with van der Waals surface area (Å²) in [4.78, 5) is 0. The molecular formula is C40H68N2O2. The summed E-state index contributed by atoms with van der Waals surface area (Å²) in [5, 5.41) is 0. The first-order valence-corrected chi connectivity index (χ1v) is 19.0. The summed E-state index contributed by atoms with van der Waals surface area (Å²) in [5.74, 6) is 7.35. The van der Waals surface area contributed by atoms with Crippen molar-refractivity contribution in [1.82, 2.24) is 0 Å². The number of rotatable bonds is 15. The molecule has 0 aromatic heterocycles. The average Bonchev–Trinajstić information content (AvgIpc) is 3.33. The van der Waals surface area contributed by atoms with Crippen molar-refractivity contribution in [2.24, 2.45) is 52.3 Å². The molecule has 0 saturated heterocycles. The summed E-state index contributed by atoms with van der Waals surface area (Å²) in [6.07, 6.45) is 23.8. The second-order valence-corrected chi connectivity index (χ2v) is 16.9. The maximum atomic E-state index is 6.55. The minimum atomic E-state index is 0.500. The molecule has 44 heavy (non-hydrogen) atoms. The quantitative estimate of drug-likeness (QED) is 0.153. The van der Waals surface area contributed by atoms with Gasteiger partial charge in [-0.1, -0.05) is 73.1 Å². The van der Waals surface area contributed by atoms with Crippen LogP contribution in [0.5, 0.6) is 5.75 Å².